The predicted molar refractivity (Wildman–Crippen MR) is 167 cm³/mol. The molecule has 3 saturated carbocycles. The lowest BCUT2D eigenvalue weighted by Gasteiger charge is -2.62. The summed E-state index contributed by atoms with van der Waals surface area (Å²) in [5, 5.41) is 46.5. The standard InChI is InChI=1S/C36H53NO7/c1-5-6-18-37-32(41)23-9-7-8-22(19-23)26-14-17-36(42)28-11-10-24-20-25(44-33-31(40)30(39)29(38)21(2)43-33)12-15-34(24,3)27(28)13-16-35(26,36)4/h7-9,19-21,25-31,33,38-40,42H,5-6,10-18H2,1-4H3,(H,37,41)/t21-,25-,26+,27-,28+,29-,30+,31+,33-,34-,35+,36-/m0/s1. The summed E-state index contributed by atoms with van der Waals surface area (Å²) in [5.74, 6) is 0.787. The van der Waals surface area contributed by atoms with Crippen LogP contribution in [0.15, 0.2) is 35.9 Å². The number of hydrogen-bond donors (Lipinski definition) is 5. The second kappa shape index (κ2) is 12.1. The number of fused-ring (bicyclic) bond motifs is 5. The van der Waals surface area contributed by atoms with E-state index in [2.05, 4.69) is 44.3 Å². The van der Waals surface area contributed by atoms with Crippen LogP contribution in [-0.2, 0) is 9.47 Å². The van der Waals surface area contributed by atoms with E-state index in [-0.39, 0.29) is 34.7 Å². The van der Waals surface area contributed by atoms with E-state index in [1.165, 1.54) is 11.1 Å². The van der Waals surface area contributed by atoms with Crippen molar-refractivity contribution in [1.29, 1.82) is 0 Å². The van der Waals surface area contributed by atoms with E-state index < -0.39 is 36.3 Å². The van der Waals surface area contributed by atoms with Gasteiger partial charge in [-0.05, 0) is 106 Å². The molecule has 4 aliphatic carbocycles. The highest BCUT2D eigenvalue weighted by Gasteiger charge is 2.66. The van der Waals surface area contributed by atoms with Gasteiger partial charge in [0.25, 0.3) is 5.91 Å². The summed E-state index contributed by atoms with van der Waals surface area (Å²) in [7, 11) is 0. The van der Waals surface area contributed by atoms with Crippen LogP contribution in [0.5, 0.6) is 0 Å². The molecular formula is C36H53NO7. The number of allylic oxidation sites excluding steroid dienone is 1. The number of hydrogen-bond acceptors (Lipinski definition) is 7. The van der Waals surface area contributed by atoms with Gasteiger partial charge in [0, 0.05) is 17.5 Å². The van der Waals surface area contributed by atoms with Gasteiger partial charge in [-0.3, -0.25) is 4.79 Å². The number of aliphatic hydroxyl groups excluding tert-OH is 3. The summed E-state index contributed by atoms with van der Waals surface area (Å²) in [6.07, 6.45) is 5.87. The quantitative estimate of drug-likeness (QED) is 0.225. The molecule has 4 fully saturated rings. The van der Waals surface area contributed by atoms with E-state index >= 15 is 0 Å². The number of carbonyl (C=O) groups is 1. The molecule has 5 N–H and O–H groups in total. The molecule has 44 heavy (non-hydrogen) atoms. The van der Waals surface area contributed by atoms with Crippen molar-refractivity contribution < 1.29 is 34.7 Å². The largest absolute Gasteiger partial charge is 0.389 e. The van der Waals surface area contributed by atoms with Crippen LogP contribution in [0.2, 0.25) is 0 Å². The van der Waals surface area contributed by atoms with Gasteiger partial charge in [0.15, 0.2) is 6.29 Å². The minimum Gasteiger partial charge on any atom is -0.389 e. The minimum atomic E-state index is -1.31. The molecule has 0 radical (unpaired) electrons. The topological polar surface area (TPSA) is 128 Å². The van der Waals surface area contributed by atoms with Crippen molar-refractivity contribution in [1.82, 2.24) is 5.32 Å². The number of aliphatic hydroxyl groups is 4. The van der Waals surface area contributed by atoms with Gasteiger partial charge in [0.05, 0.1) is 17.8 Å². The fourth-order valence-corrected chi connectivity index (χ4v) is 9.98. The predicted octanol–water partition coefficient (Wildman–Crippen LogP) is 4.59. The molecule has 0 spiro atoms. The molecule has 0 unspecified atom stereocenters. The number of benzene rings is 1. The van der Waals surface area contributed by atoms with Crippen molar-refractivity contribution in [3.63, 3.8) is 0 Å². The van der Waals surface area contributed by atoms with E-state index in [1.807, 2.05) is 12.1 Å². The van der Waals surface area contributed by atoms with Crippen molar-refractivity contribution in [2.24, 2.45) is 22.7 Å². The zero-order chi connectivity index (χ0) is 31.4. The molecule has 1 aliphatic heterocycles. The van der Waals surface area contributed by atoms with Gasteiger partial charge < -0.3 is 35.2 Å². The van der Waals surface area contributed by atoms with E-state index in [1.54, 1.807) is 6.92 Å². The molecular weight excluding hydrogens is 558 g/mol. The van der Waals surface area contributed by atoms with Crippen LogP contribution in [0.1, 0.15) is 114 Å². The van der Waals surface area contributed by atoms with Gasteiger partial charge in [0.1, 0.15) is 18.3 Å². The molecule has 1 heterocycles. The highest BCUT2D eigenvalue weighted by atomic mass is 16.7. The molecule has 1 amide bonds. The first kappa shape index (κ1) is 32.1. The normalized spacial score (nSPS) is 45.1. The Bertz CT molecular complexity index is 1250. The molecule has 6 rings (SSSR count). The Morgan fingerprint density at radius 3 is 2.59 bits per heavy atom. The van der Waals surface area contributed by atoms with Crippen LogP contribution in [0.4, 0.5) is 0 Å². The molecule has 244 valence electrons. The SMILES string of the molecule is CCCCNC(=O)c1cccc([C@H]2CC[C@]3(O)[C@@H]4CCC5=C[C@@H](O[C@@H]6O[C@@H](C)[C@H](O)[C@@H](O)[C@H]6O)CC[C@]5(C)[C@H]4CC[C@]23C)c1. The molecule has 0 aromatic heterocycles. The Kier molecular flexibility index (Phi) is 8.83. The molecule has 1 aromatic rings. The summed E-state index contributed by atoms with van der Waals surface area (Å²) in [5.41, 5.74) is 2.22. The zero-order valence-electron chi connectivity index (χ0n) is 26.9. The van der Waals surface area contributed by atoms with Gasteiger partial charge in [-0.1, -0.05) is 51.0 Å². The van der Waals surface area contributed by atoms with Crippen LogP contribution in [0, 0.1) is 22.7 Å². The number of rotatable bonds is 7. The van der Waals surface area contributed by atoms with Crippen molar-refractivity contribution >= 4 is 5.91 Å². The number of amides is 1. The fraction of sp³-hybridized carbons (Fsp3) is 0.750. The molecule has 12 atom stereocenters. The van der Waals surface area contributed by atoms with Crippen LogP contribution >= 0.6 is 0 Å². The van der Waals surface area contributed by atoms with Gasteiger partial charge >= 0.3 is 0 Å². The lowest BCUT2D eigenvalue weighted by molar-refractivity contribution is -0.301. The van der Waals surface area contributed by atoms with Crippen LogP contribution < -0.4 is 5.32 Å². The first-order valence-corrected chi connectivity index (χ1v) is 17.1. The Morgan fingerprint density at radius 2 is 1.82 bits per heavy atom. The van der Waals surface area contributed by atoms with E-state index in [0.29, 0.717) is 18.0 Å². The third-order valence-corrected chi connectivity index (χ3v) is 12.7. The van der Waals surface area contributed by atoms with Gasteiger partial charge in [0.2, 0.25) is 0 Å². The first-order valence-electron chi connectivity index (χ1n) is 17.1. The van der Waals surface area contributed by atoms with Gasteiger partial charge in [-0.15, -0.1) is 0 Å². The zero-order valence-corrected chi connectivity index (χ0v) is 26.9. The first-order chi connectivity index (χ1) is 20.9. The average molecular weight is 612 g/mol. The highest BCUT2D eigenvalue weighted by molar-refractivity contribution is 5.94. The fourth-order valence-electron chi connectivity index (χ4n) is 9.98. The molecule has 0 bridgehead atoms. The summed E-state index contributed by atoms with van der Waals surface area (Å²) in [4.78, 5) is 12.8. The number of unbranched alkanes of at least 4 members (excludes halogenated alkanes) is 1. The minimum absolute atomic E-state index is 0.0191. The summed E-state index contributed by atoms with van der Waals surface area (Å²) in [6.45, 7) is 9.15. The Morgan fingerprint density at radius 1 is 1.02 bits per heavy atom. The third-order valence-electron chi connectivity index (χ3n) is 12.7. The second-order valence-corrected chi connectivity index (χ2v) is 15.0. The van der Waals surface area contributed by atoms with Crippen molar-refractivity contribution in [3.8, 4) is 0 Å². The van der Waals surface area contributed by atoms with E-state index in [0.717, 1.165) is 64.2 Å². The smallest absolute Gasteiger partial charge is 0.251 e. The summed E-state index contributed by atoms with van der Waals surface area (Å²) in [6, 6.07) is 8.10. The van der Waals surface area contributed by atoms with Crippen molar-refractivity contribution in [2.45, 2.75) is 140 Å². The Hall–Kier alpha value is -1.81. The van der Waals surface area contributed by atoms with Crippen LogP contribution in [0.3, 0.4) is 0 Å². The maximum atomic E-state index is 12.8. The molecule has 5 aliphatic rings. The maximum absolute atomic E-state index is 12.8. The number of ether oxygens (including phenoxy) is 2. The third kappa shape index (κ3) is 5.18. The van der Waals surface area contributed by atoms with Crippen molar-refractivity contribution in [3.05, 3.63) is 47.0 Å². The molecule has 1 aromatic carbocycles. The lowest BCUT2D eigenvalue weighted by Crippen LogP contribution is -2.60. The lowest BCUT2D eigenvalue weighted by atomic mass is 9.45. The highest BCUT2D eigenvalue weighted by Crippen LogP contribution is 2.70. The second-order valence-electron chi connectivity index (χ2n) is 15.0. The monoisotopic (exact) mass is 611 g/mol. The van der Waals surface area contributed by atoms with Crippen LogP contribution in [0.25, 0.3) is 0 Å². The van der Waals surface area contributed by atoms with Crippen molar-refractivity contribution in [2.75, 3.05) is 6.54 Å². The molecule has 1 saturated heterocycles. The molecule has 8 nitrogen and oxygen atoms in total. The average Bonchev–Trinajstić information content (AvgIpc) is 3.30. The number of nitrogens with one attached hydrogen (secondary N) is 1. The maximum Gasteiger partial charge on any atom is 0.251 e. The van der Waals surface area contributed by atoms with Crippen LogP contribution in [-0.4, -0.2) is 75.3 Å². The van der Waals surface area contributed by atoms with Gasteiger partial charge in [-0.25, -0.2) is 0 Å². The summed E-state index contributed by atoms with van der Waals surface area (Å²) < 4.78 is 11.9. The number of carbonyl (C=O) groups excluding carboxylic acids is 1. The van der Waals surface area contributed by atoms with E-state index in [9.17, 15) is 25.2 Å². The molecule has 8 heteroatoms. The Labute approximate surface area is 262 Å². The Balaban J connectivity index is 1.18. The summed E-state index contributed by atoms with van der Waals surface area (Å²) >= 11 is 0. The van der Waals surface area contributed by atoms with Gasteiger partial charge in [-0.2, -0.15) is 0 Å². The van der Waals surface area contributed by atoms with E-state index in [4.69, 9.17) is 9.47 Å².